The molecule has 0 spiro atoms. The zero-order valence-electron chi connectivity index (χ0n) is 11.8. The minimum atomic E-state index is -1.27. The normalized spacial score (nSPS) is 11.3. The summed E-state index contributed by atoms with van der Waals surface area (Å²) in [5.41, 5.74) is 1.30. The average molecular weight is 298 g/mol. The second-order valence-electron chi connectivity index (χ2n) is 4.28. The predicted octanol–water partition coefficient (Wildman–Crippen LogP) is 2.28. The fourth-order valence-corrected chi connectivity index (χ4v) is 1.95. The molecule has 1 heterocycles. The summed E-state index contributed by atoms with van der Waals surface area (Å²) < 4.78 is 4.49. The molecule has 22 heavy (non-hydrogen) atoms. The second kappa shape index (κ2) is 7.03. The third-order valence-corrected chi connectivity index (χ3v) is 2.89. The van der Waals surface area contributed by atoms with Crippen LogP contribution in [0.4, 0.5) is 4.79 Å². The van der Waals surface area contributed by atoms with Crippen molar-refractivity contribution in [2.75, 3.05) is 7.11 Å². The maximum atomic E-state index is 11.6. The van der Waals surface area contributed by atoms with Crippen molar-refractivity contribution in [2.24, 2.45) is 0 Å². The number of hydrogen-bond acceptors (Lipinski definition) is 4. The van der Waals surface area contributed by atoms with Crippen LogP contribution in [0.3, 0.4) is 0 Å². The molecule has 6 nitrogen and oxygen atoms in total. The Morgan fingerprint density at radius 2 is 1.77 bits per heavy atom. The molecular weight excluding hydrogens is 284 g/mol. The van der Waals surface area contributed by atoms with E-state index < -0.39 is 12.1 Å². The topological polar surface area (TPSA) is 88.5 Å². The lowest BCUT2D eigenvalue weighted by Crippen LogP contribution is -2.28. The van der Waals surface area contributed by atoms with Gasteiger partial charge in [-0.3, -0.25) is 10.3 Å². The van der Waals surface area contributed by atoms with E-state index in [1.165, 1.54) is 13.3 Å². The Morgan fingerprint density at radius 1 is 1.09 bits per heavy atom. The summed E-state index contributed by atoms with van der Waals surface area (Å²) in [5.74, 6) is -1.27. The number of pyridine rings is 1. The number of aliphatic carboxylic acids is 1. The van der Waals surface area contributed by atoms with Crippen LogP contribution in [0, 0.1) is 0 Å². The van der Waals surface area contributed by atoms with Crippen molar-refractivity contribution < 1.29 is 19.4 Å². The zero-order chi connectivity index (χ0) is 15.9. The number of amides is 1. The summed E-state index contributed by atoms with van der Waals surface area (Å²) in [6.07, 6.45) is 2.26. The van der Waals surface area contributed by atoms with Gasteiger partial charge in [0, 0.05) is 23.5 Å². The number of carbonyl (C=O) groups excluding carboxylic acids is 1. The largest absolute Gasteiger partial charge is 0.477 e. The molecule has 1 amide bonds. The average Bonchev–Trinajstić information content (AvgIpc) is 2.56. The van der Waals surface area contributed by atoms with Crippen molar-refractivity contribution in [1.29, 1.82) is 0 Å². The number of carboxylic acids is 1. The summed E-state index contributed by atoms with van der Waals surface area (Å²) in [4.78, 5) is 27.0. The molecule has 112 valence electrons. The molecule has 0 radical (unpaired) electrons. The summed E-state index contributed by atoms with van der Waals surface area (Å²) in [7, 11) is 1.17. The van der Waals surface area contributed by atoms with Gasteiger partial charge in [0.15, 0.2) is 0 Å². The maximum absolute atomic E-state index is 11.6. The van der Waals surface area contributed by atoms with E-state index in [0.29, 0.717) is 16.7 Å². The van der Waals surface area contributed by atoms with Gasteiger partial charge in [-0.05, 0) is 11.6 Å². The number of carbonyl (C=O) groups is 2. The number of carboxylic acid groups (broad SMARTS) is 1. The fraction of sp³-hybridized carbons (Fsp3) is 0.0625. The van der Waals surface area contributed by atoms with Gasteiger partial charge in [-0.15, -0.1) is 0 Å². The van der Waals surface area contributed by atoms with Crippen LogP contribution in [0.15, 0.2) is 60.6 Å². The molecular formula is C16H14N2O4. The van der Waals surface area contributed by atoms with E-state index in [1.54, 1.807) is 42.6 Å². The number of nitrogens with zero attached hydrogens (tertiary/aromatic N) is 1. The highest BCUT2D eigenvalue weighted by molar-refractivity contribution is 6.02. The van der Waals surface area contributed by atoms with Crippen molar-refractivity contribution in [2.45, 2.75) is 0 Å². The quantitative estimate of drug-likeness (QED) is 0.845. The van der Waals surface area contributed by atoms with E-state index in [0.717, 1.165) is 0 Å². The van der Waals surface area contributed by atoms with Crippen LogP contribution in [-0.2, 0) is 9.53 Å². The highest BCUT2D eigenvalue weighted by Crippen LogP contribution is 2.25. The first-order valence-electron chi connectivity index (χ1n) is 6.42. The Labute approximate surface area is 127 Å². The lowest BCUT2D eigenvalue weighted by molar-refractivity contribution is -0.132. The summed E-state index contributed by atoms with van der Waals surface area (Å²) in [5, 5.41) is 11.7. The Balaban J connectivity index is 2.66. The number of ether oxygens (including phenoxy) is 1. The van der Waals surface area contributed by atoms with Gasteiger partial charge in [0.2, 0.25) is 0 Å². The first kappa shape index (κ1) is 15.2. The van der Waals surface area contributed by atoms with E-state index in [2.05, 4.69) is 15.0 Å². The lowest BCUT2D eigenvalue weighted by Gasteiger charge is -2.13. The van der Waals surface area contributed by atoms with Crippen LogP contribution in [0.5, 0.6) is 0 Å². The van der Waals surface area contributed by atoms with Gasteiger partial charge in [0.25, 0.3) is 0 Å². The number of aromatic nitrogens is 1. The van der Waals surface area contributed by atoms with Crippen molar-refractivity contribution in [1.82, 2.24) is 10.3 Å². The van der Waals surface area contributed by atoms with Crippen LogP contribution in [0.25, 0.3) is 5.57 Å². The van der Waals surface area contributed by atoms with Crippen LogP contribution in [0.1, 0.15) is 11.1 Å². The van der Waals surface area contributed by atoms with Crippen molar-refractivity contribution >= 4 is 17.6 Å². The summed E-state index contributed by atoms with van der Waals surface area (Å²) in [6.45, 7) is 0. The van der Waals surface area contributed by atoms with E-state index >= 15 is 0 Å². The molecule has 1 aromatic heterocycles. The third kappa shape index (κ3) is 3.49. The molecule has 0 atom stereocenters. The molecule has 1 aromatic carbocycles. The Hall–Kier alpha value is -3.15. The third-order valence-electron chi connectivity index (χ3n) is 2.89. The van der Waals surface area contributed by atoms with Gasteiger partial charge < -0.3 is 9.84 Å². The summed E-state index contributed by atoms with van der Waals surface area (Å²) in [6, 6.07) is 12.3. The van der Waals surface area contributed by atoms with Gasteiger partial charge in [-0.2, -0.15) is 0 Å². The first-order valence-corrected chi connectivity index (χ1v) is 6.42. The molecule has 0 aliphatic carbocycles. The van der Waals surface area contributed by atoms with Crippen molar-refractivity contribution in [3.63, 3.8) is 0 Å². The highest BCUT2D eigenvalue weighted by atomic mass is 16.5. The zero-order valence-corrected chi connectivity index (χ0v) is 11.8. The number of hydrogen-bond donors (Lipinski definition) is 2. The van der Waals surface area contributed by atoms with Crippen molar-refractivity contribution in [3.8, 4) is 0 Å². The Kier molecular flexibility index (Phi) is 4.87. The van der Waals surface area contributed by atoms with Gasteiger partial charge in [-0.1, -0.05) is 36.4 Å². The SMILES string of the molecule is COC(=O)NC(C(=O)O)=C(c1ccccc1)c1cccnc1. The molecule has 2 N–H and O–H groups in total. The van der Waals surface area contributed by atoms with Crippen LogP contribution < -0.4 is 5.32 Å². The molecule has 2 aromatic rings. The minimum Gasteiger partial charge on any atom is -0.477 e. The van der Waals surface area contributed by atoms with Crippen molar-refractivity contribution in [3.05, 3.63) is 71.7 Å². The monoisotopic (exact) mass is 298 g/mol. The lowest BCUT2D eigenvalue weighted by atomic mass is 9.97. The van der Waals surface area contributed by atoms with E-state index in [-0.39, 0.29) is 5.70 Å². The smallest absolute Gasteiger partial charge is 0.411 e. The Bertz CT molecular complexity index is 655. The highest BCUT2D eigenvalue weighted by Gasteiger charge is 2.20. The molecule has 0 saturated carbocycles. The molecule has 0 aliphatic rings. The molecule has 0 aliphatic heterocycles. The van der Waals surface area contributed by atoms with Crippen LogP contribution in [0.2, 0.25) is 0 Å². The number of nitrogens with one attached hydrogen (secondary N) is 1. The second-order valence-corrected chi connectivity index (χ2v) is 4.28. The van der Waals surface area contributed by atoms with E-state index in [4.69, 9.17) is 0 Å². The van der Waals surface area contributed by atoms with Gasteiger partial charge in [0.05, 0.1) is 7.11 Å². The van der Waals surface area contributed by atoms with Gasteiger partial charge in [0.1, 0.15) is 5.70 Å². The number of methoxy groups -OCH3 is 1. The predicted molar refractivity (Wildman–Crippen MR) is 79.9 cm³/mol. The molecule has 0 saturated heterocycles. The van der Waals surface area contributed by atoms with E-state index in [1.807, 2.05) is 6.07 Å². The number of benzene rings is 1. The molecule has 0 bridgehead atoms. The van der Waals surface area contributed by atoms with Gasteiger partial charge >= 0.3 is 12.1 Å². The summed E-state index contributed by atoms with van der Waals surface area (Å²) >= 11 is 0. The van der Waals surface area contributed by atoms with Gasteiger partial charge in [-0.25, -0.2) is 9.59 Å². The molecule has 0 unspecified atom stereocenters. The fourth-order valence-electron chi connectivity index (χ4n) is 1.95. The van der Waals surface area contributed by atoms with E-state index in [9.17, 15) is 14.7 Å². The molecule has 2 rings (SSSR count). The Morgan fingerprint density at radius 3 is 2.32 bits per heavy atom. The molecule has 0 fully saturated rings. The van der Waals surface area contributed by atoms with Crippen LogP contribution in [-0.4, -0.2) is 29.3 Å². The maximum Gasteiger partial charge on any atom is 0.411 e. The number of alkyl carbamates (subject to hydrolysis) is 1. The van der Waals surface area contributed by atoms with Crippen LogP contribution >= 0.6 is 0 Å². The standard InChI is InChI=1S/C16H14N2O4/c1-22-16(21)18-14(15(19)20)13(11-6-3-2-4-7-11)12-8-5-9-17-10-12/h2-10H,1H3,(H,18,21)(H,19,20). The first-order chi connectivity index (χ1) is 10.6. The molecule has 6 heteroatoms. The minimum absolute atomic E-state index is 0.272. The number of rotatable bonds is 4.